The van der Waals surface area contributed by atoms with Crippen molar-refractivity contribution in [2.24, 2.45) is 0 Å². The molecule has 0 bridgehead atoms. The maximum Gasteiger partial charge on any atom is 0.306 e. The normalized spacial score (nSPS) is 12.7. The first kappa shape index (κ1) is 52.9. The van der Waals surface area contributed by atoms with Crippen LogP contribution >= 0.6 is 0 Å². The molecular formula is C50H84O6. The van der Waals surface area contributed by atoms with Crippen LogP contribution in [0.5, 0.6) is 0 Å². The van der Waals surface area contributed by atoms with Crippen molar-refractivity contribution in [1.82, 2.24) is 0 Å². The fourth-order valence-electron chi connectivity index (χ4n) is 6.05. The van der Waals surface area contributed by atoms with Gasteiger partial charge in [0.05, 0.1) is 0 Å². The highest BCUT2D eigenvalue weighted by atomic mass is 16.6. The number of hydrogen-bond acceptors (Lipinski definition) is 6. The number of carbonyl (C=O) groups is 3. The fraction of sp³-hybridized carbons (Fsp3) is 0.700. The molecule has 0 radical (unpaired) electrons. The van der Waals surface area contributed by atoms with Gasteiger partial charge in [0, 0.05) is 19.3 Å². The molecule has 1 atom stereocenters. The molecule has 0 saturated heterocycles. The number of carbonyl (C=O) groups excluding carboxylic acids is 3. The van der Waals surface area contributed by atoms with Crippen molar-refractivity contribution in [2.75, 3.05) is 13.2 Å². The van der Waals surface area contributed by atoms with Gasteiger partial charge in [0.1, 0.15) is 13.2 Å². The van der Waals surface area contributed by atoms with E-state index in [0.717, 1.165) is 109 Å². The first-order valence-electron chi connectivity index (χ1n) is 23.0. The Labute approximate surface area is 344 Å². The molecule has 6 nitrogen and oxygen atoms in total. The summed E-state index contributed by atoms with van der Waals surface area (Å²) in [6, 6.07) is 0. The van der Waals surface area contributed by atoms with Crippen molar-refractivity contribution in [2.45, 2.75) is 213 Å². The van der Waals surface area contributed by atoms with Crippen LogP contribution in [0.15, 0.2) is 72.9 Å². The van der Waals surface area contributed by atoms with Crippen molar-refractivity contribution in [3.63, 3.8) is 0 Å². The van der Waals surface area contributed by atoms with E-state index in [-0.39, 0.29) is 31.1 Å². The maximum atomic E-state index is 12.7. The number of rotatable bonds is 40. The Morgan fingerprint density at radius 3 is 1.29 bits per heavy atom. The Kier molecular flexibility index (Phi) is 42.1. The molecule has 0 spiro atoms. The van der Waals surface area contributed by atoms with Gasteiger partial charge in [-0.2, -0.15) is 0 Å². The summed E-state index contributed by atoms with van der Waals surface area (Å²) in [5, 5.41) is 0. The second kappa shape index (κ2) is 44.6. The van der Waals surface area contributed by atoms with E-state index in [1.807, 2.05) is 0 Å². The Hall–Kier alpha value is -3.15. The van der Waals surface area contributed by atoms with Crippen molar-refractivity contribution < 1.29 is 28.6 Å². The van der Waals surface area contributed by atoms with Gasteiger partial charge in [0.15, 0.2) is 6.10 Å². The highest BCUT2D eigenvalue weighted by Gasteiger charge is 2.19. The first-order valence-corrected chi connectivity index (χ1v) is 23.0. The molecule has 0 aromatic heterocycles. The molecule has 0 aliphatic rings. The van der Waals surface area contributed by atoms with E-state index in [1.54, 1.807) is 0 Å². The van der Waals surface area contributed by atoms with E-state index in [2.05, 4.69) is 93.7 Å². The molecule has 0 aromatic carbocycles. The fourth-order valence-corrected chi connectivity index (χ4v) is 6.05. The van der Waals surface area contributed by atoms with E-state index in [1.165, 1.54) is 57.8 Å². The molecule has 0 aliphatic carbocycles. The summed E-state index contributed by atoms with van der Waals surface area (Å²) in [4.78, 5) is 37.7. The summed E-state index contributed by atoms with van der Waals surface area (Å²) >= 11 is 0. The van der Waals surface area contributed by atoms with E-state index >= 15 is 0 Å². The highest BCUT2D eigenvalue weighted by molar-refractivity contribution is 5.71. The SMILES string of the molecule is CC\C=C/C=C\C=C/CCCCCCCCCC(=O)OCC(COC(=O)CCCCCCC/C=C\CCCC)OC(=O)CCCCCCC/C=C\C/C=C\CC. The molecule has 0 fully saturated rings. The monoisotopic (exact) mass is 781 g/mol. The second-order valence-electron chi connectivity index (χ2n) is 15.0. The highest BCUT2D eigenvalue weighted by Crippen LogP contribution is 2.13. The summed E-state index contributed by atoms with van der Waals surface area (Å²) in [5.74, 6) is -0.933. The lowest BCUT2D eigenvalue weighted by Gasteiger charge is -2.18. The van der Waals surface area contributed by atoms with Gasteiger partial charge >= 0.3 is 17.9 Å². The largest absolute Gasteiger partial charge is 0.462 e. The van der Waals surface area contributed by atoms with Crippen LogP contribution in [0.1, 0.15) is 207 Å². The molecular weight excluding hydrogens is 697 g/mol. The average Bonchev–Trinajstić information content (AvgIpc) is 3.19. The molecule has 0 N–H and O–H groups in total. The van der Waals surface area contributed by atoms with E-state index in [4.69, 9.17) is 14.2 Å². The standard InChI is InChI=1S/C50H84O6/c1-4-7-10-13-16-19-22-24-25-26-29-31-34-37-40-43-49(52)55-46-47(45-54-48(51)42-39-36-33-30-27-21-18-15-12-9-6-3)56-50(53)44-41-38-35-32-28-23-20-17-14-11-8-5-2/h7-8,10-11,13,15-20,22,47H,4-6,9,12,14,21,23-46H2,1-3H3/b10-7-,11-8-,16-13-,18-15-,20-17-,22-19-. The molecule has 1 unspecified atom stereocenters. The number of hydrogen-bond donors (Lipinski definition) is 0. The van der Waals surface area contributed by atoms with E-state index in [9.17, 15) is 14.4 Å². The van der Waals surface area contributed by atoms with Gasteiger partial charge in [-0.15, -0.1) is 0 Å². The van der Waals surface area contributed by atoms with Crippen molar-refractivity contribution >= 4 is 17.9 Å². The summed E-state index contributed by atoms with van der Waals surface area (Å²) in [5.41, 5.74) is 0. The van der Waals surface area contributed by atoms with Crippen LogP contribution in [0, 0.1) is 0 Å². The topological polar surface area (TPSA) is 78.9 Å². The zero-order valence-electron chi connectivity index (χ0n) is 36.4. The van der Waals surface area contributed by atoms with Gasteiger partial charge in [-0.1, -0.05) is 177 Å². The van der Waals surface area contributed by atoms with Crippen LogP contribution in [0.4, 0.5) is 0 Å². The molecule has 0 aromatic rings. The lowest BCUT2D eigenvalue weighted by Crippen LogP contribution is -2.30. The van der Waals surface area contributed by atoms with Gasteiger partial charge in [-0.25, -0.2) is 0 Å². The summed E-state index contributed by atoms with van der Waals surface area (Å²) in [7, 11) is 0. The third-order valence-corrected chi connectivity index (χ3v) is 9.49. The Morgan fingerprint density at radius 2 is 0.786 bits per heavy atom. The predicted molar refractivity (Wildman–Crippen MR) is 238 cm³/mol. The molecule has 56 heavy (non-hydrogen) atoms. The third-order valence-electron chi connectivity index (χ3n) is 9.49. The molecule has 0 aliphatic heterocycles. The second-order valence-corrected chi connectivity index (χ2v) is 15.0. The van der Waals surface area contributed by atoms with Crippen molar-refractivity contribution in [3.05, 3.63) is 72.9 Å². The number of allylic oxidation sites excluding steroid dienone is 12. The molecule has 0 amide bonds. The Bertz CT molecular complexity index is 1080. The number of ether oxygens (including phenoxy) is 3. The zero-order valence-corrected chi connectivity index (χ0v) is 36.4. The van der Waals surface area contributed by atoms with Crippen LogP contribution in [0.2, 0.25) is 0 Å². The minimum absolute atomic E-state index is 0.0905. The molecule has 0 saturated carbocycles. The summed E-state index contributed by atoms with van der Waals surface area (Å²) in [6.07, 6.45) is 54.5. The third kappa shape index (κ3) is 42.0. The van der Waals surface area contributed by atoms with Crippen LogP contribution in [0.25, 0.3) is 0 Å². The molecule has 6 heteroatoms. The minimum Gasteiger partial charge on any atom is -0.462 e. The van der Waals surface area contributed by atoms with Crippen LogP contribution in [-0.2, 0) is 28.6 Å². The molecule has 0 heterocycles. The van der Waals surface area contributed by atoms with Crippen molar-refractivity contribution in [1.29, 1.82) is 0 Å². The Balaban J connectivity index is 4.42. The number of esters is 3. The predicted octanol–water partition coefficient (Wildman–Crippen LogP) is 14.7. The summed E-state index contributed by atoms with van der Waals surface area (Å²) in [6.45, 7) is 6.31. The maximum absolute atomic E-state index is 12.7. The lowest BCUT2D eigenvalue weighted by molar-refractivity contribution is -0.167. The lowest BCUT2D eigenvalue weighted by atomic mass is 10.1. The van der Waals surface area contributed by atoms with Gasteiger partial charge in [-0.05, 0) is 83.5 Å². The first-order chi connectivity index (χ1) is 27.5. The number of unbranched alkanes of at least 4 members (excludes halogenated alkanes) is 19. The van der Waals surface area contributed by atoms with Crippen LogP contribution in [-0.4, -0.2) is 37.2 Å². The van der Waals surface area contributed by atoms with Crippen LogP contribution < -0.4 is 0 Å². The van der Waals surface area contributed by atoms with Crippen molar-refractivity contribution in [3.8, 4) is 0 Å². The Morgan fingerprint density at radius 1 is 0.393 bits per heavy atom. The minimum atomic E-state index is -0.788. The van der Waals surface area contributed by atoms with Crippen LogP contribution in [0.3, 0.4) is 0 Å². The van der Waals surface area contributed by atoms with Gasteiger partial charge in [-0.3, -0.25) is 14.4 Å². The van der Waals surface area contributed by atoms with E-state index in [0.29, 0.717) is 19.3 Å². The molecule has 0 rings (SSSR count). The van der Waals surface area contributed by atoms with Gasteiger partial charge in [0.25, 0.3) is 0 Å². The van der Waals surface area contributed by atoms with Gasteiger partial charge < -0.3 is 14.2 Å². The summed E-state index contributed by atoms with van der Waals surface area (Å²) < 4.78 is 16.7. The average molecular weight is 781 g/mol. The molecule has 320 valence electrons. The zero-order chi connectivity index (χ0) is 40.8. The van der Waals surface area contributed by atoms with E-state index < -0.39 is 6.10 Å². The van der Waals surface area contributed by atoms with Gasteiger partial charge in [0.2, 0.25) is 0 Å². The smallest absolute Gasteiger partial charge is 0.306 e. The quantitative estimate of drug-likeness (QED) is 0.0203.